The number of hydrogen-bond donors (Lipinski definition) is 2. The van der Waals surface area contributed by atoms with E-state index in [0.29, 0.717) is 36.7 Å². The molecule has 4 rings (SSSR count). The van der Waals surface area contributed by atoms with Gasteiger partial charge in [0, 0.05) is 24.3 Å². The normalized spacial score (nSPS) is 46.9. The summed E-state index contributed by atoms with van der Waals surface area (Å²) in [6, 6.07) is 0. The van der Waals surface area contributed by atoms with Gasteiger partial charge in [-0.05, 0) is 68.1 Å². The molecule has 0 heterocycles. The summed E-state index contributed by atoms with van der Waals surface area (Å²) in [6.07, 6.45) is 7.48. The molecule has 6 heteroatoms. The third kappa shape index (κ3) is 2.82. The maximum atomic E-state index is 12.6. The summed E-state index contributed by atoms with van der Waals surface area (Å²) in [6.45, 7) is 5.47. The third-order valence-corrected chi connectivity index (χ3v) is 8.56. The molecule has 0 bridgehead atoms. The zero-order chi connectivity index (χ0) is 19.2. The van der Waals surface area contributed by atoms with Crippen LogP contribution in [-0.4, -0.2) is 35.6 Å². The van der Waals surface area contributed by atoms with Crippen LogP contribution in [0.2, 0.25) is 0 Å². The van der Waals surface area contributed by atoms with Crippen LogP contribution >= 0.6 is 0 Å². The summed E-state index contributed by atoms with van der Waals surface area (Å²) in [7, 11) is 0. The number of carbonyl (C=O) groups is 1. The molecule has 6 nitrogen and oxygen atoms in total. The number of oxime groups is 2. The topological polar surface area (TPSA) is 97.3 Å². The highest BCUT2D eigenvalue weighted by Crippen LogP contribution is 2.64. The van der Waals surface area contributed by atoms with Crippen molar-refractivity contribution in [2.24, 2.45) is 50.5 Å². The minimum atomic E-state index is -0.151. The number of rotatable bonds is 3. The number of nitrogens with zero attached hydrogens (tertiary/aromatic N) is 2. The Balaban J connectivity index is 1.61. The highest BCUT2D eigenvalue weighted by atomic mass is 16.6. The molecule has 0 aromatic carbocycles. The molecule has 0 radical (unpaired) electrons. The molecule has 4 fully saturated rings. The van der Waals surface area contributed by atoms with E-state index in [4.69, 9.17) is 10.6 Å². The van der Waals surface area contributed by atoms with Crippen molar-refractivity contribution in [1.29, 1.82) is 0 Å². The van der Waals surface area contributed by atoms with Gasteiger partial charge in [0.2, 0.25) is 0 Å². The van der Waals surface area contributed by atoms with Gasteiger partial charge in [-0.2, -0.15) is 0 Å². The Labute approximate surface area is 161 Å². The van der Waals surface area contributed by atoms with E-state index < -0.39 is 0 Å². The van der Waals surface area contributed by atoms with E-state index >= 15 is 0 Å². The van der Waals surface area contributed by atoms with Crippen molar-refractivity contribution in [2.75, 3.05) is 13.2 Å². The minimum absolute atomic E-state index is 0.115. The lowest BCUT2D eigenvalue weighted by molar-refractivity contribution is -0.133. The molecular weight excluding hydrogens is 342 g/mol. The van der Waals surface area contributed by atoms with E-state index in [1.807, 2.05) is 0 Å². The van der Waals surface area contributed by atoms with Gasteiger partial charge in [-0.1, -0.05) is 24.2 Å². The second kappa shape index (κ2) is 6.87. The molecule has 0 spiro atoms. The fourth-order valence-electron chi connectivity index (χ4n) is 7.03. The quantitative estimate of drug-likeness (QED) is 0.449. The monoisotopic (exact) mass is 375 g/mol. The minimum Gasteiger partial charge on any atom is -0.411 e. The molecule has 1 unspecified atom stereocenters. The summed E-state index contributed by atoms with van der Waals surface area (Å²) in [5, 5.41) is 17.9. The van der Waals surface area contributed by atoms with Crippen LogP contribution in [0.3, 0.4) is 0 Å². The SMILES string of the molecule is C[C@]12CC/C(=N/OCCN)CC1/C(=N/O)C[C@@H]1[C@@H]2CC[C@]2(C)C(=O)CC[C@@H]12. The van der Waals surface area contributed by atoms with Crippen molar-refractivity contribution in [3.8, 4) is 0 Å². The summed E-state index contributed by atoms with van der Waals surface area (Å²) >= 11 is 0. The Morgan fingerprint density at radius 2 is 2.00 bits per heavy atom. The standard InChI is InChI=1S/C21H33N3O3/c1-20-7-5-13(24-27-10-9-22)11-17(20)18(23-26)12-14-15-3-4-19(25)21(15,2)8-6-16(14)20/h14-17,26H,3-12,22H2,1-2H3/b23-18+,24-13-/t14-,15-,16-,17?,20+,21-/m0/s1. The Bertz CT molecular complexity index is 676. The number of hydrogen-bond acceptors (Lipinski definition) is 6. The molecule has 27 heavy (non-hydrogen) atoms. The van der Waals surface area contributed by atoms with Gasteiger partial charge < -0.3 is 15.8 Å². The number of ketones is 1. The molecule has 4 aliphatic carbocycles. The van der Waals surface area contributed by atoms with Crippen molar-refractivity contribution in [2.45, 2.75) is 65.2 Å². The van der Waals surface area contributed by atoms with E-state index in [1.165, 1.54) is 0 Å². The largest absolute Gasteiger partial charge is 0.411 e. The molecule has 0 aromatic heterocycles. The van der Waals surface area contributed by atoms with Gasteiger partial charge in [-0.25, -0.2) is 0 Å². The molecule has 0 aromatic rings. The van der Waals surface area contributed by atoms with Crippen molar-refractivity contribution in [1.82, 2.24) is 0 Å². The maximum Gasteiger partial charge on any atom is 0.139 e. The average Bonchev–Trinajstić information content (AvgIpc) is 2.96. The molecule has 6 atom stereocenters. The van der Waals surface area contributed by atoms with Crippen LogP contribution in [-0.2, 0) is 9.63 Å². The molecule has 0 aliphatic heterocycles. The molecular formula is C21H33N3O3. The first-order chi connectivity index (χ1) is 12.9. The highest BCUT2D eigenvalue weighted by molar-refractivity contribution is 5.96. The number of Topliss-reactive ketones (excluding diaryl/α,β-unsaturated/α-hetero) is 1. The van der Waals surface area contributed by atoms with E-state index in [-0.39, 0.29) is 16.7 Å². The van der Waals surface area contributed by atoms with Crippen LogP contribution in [0.15, 0.2) is 10.3 Å². The molecule has 4 saturated carbocycles. The predicted octanol–water partition coefficient (Wildman–Crippen LogP) is 3.37. The van der Waals surface area contributed by atoms with Crippen molar-refractivity contribution in [3.63, 3.8) is 0 Å². The lowest BCUT2D eigenvalue weighted by Gasteiger charge is -2.59. The molecule has 150 valence electrons. The van der Waals surface area contributed by atoms with Gasteiger partial charge in [-0.3, -0.25) is 4.79 Å². The second-order valence-electron chi connectivity index (χ2n) is 9.63. The Morgan fingerprint density at radius 1 is 1.19 bits per heavy atom. The highest BCUT2D eigenvalue weighted by Gasteiger charge is 2.61. The third-order valence-electron chi connectivity index (χ3n) is 8.56. The average molecular weight is 376 g/mol. The van der Waals surface area contributed by atoms with Crippen LogP contribution < -0.4 is 5.73 Å². The Hall–Kier alpha value is -1.43. The maximum absolute atomic E-state index is 12.6. The molecule has 0 saturated heterocycles. The summed E-state index contributed by atoms with van der Waals surface area (Å²) in [5.41, 5.74) is 7.41. The van der Waals surface area contributed by atoms with Crippen LogP contribution in [0, 0.1) is 34.5 Å². The van der Waals surface area contributed by atoms with Crippen LogP contribution in [0.1, 0.15) is 65.2 Å². The summed E-state index contributed by atoms with van der Waals surface area (Å²) in [5.74, 6) is 2.19. The lowest BCUT2D eigenvalue weighted by atomic mass is 9.45. The van der Waals surface area contributed by atoms with Gasteiger partial charge in [0.25, 0.3) is 0 Å². The van der Waals surface area contributed by atoms with E-state index in [9.17, 15) is 10.0 Å². The molecule has 3 N–H and O–H groups in total. The van der Waals surface area contributed by atoms with Crippen LogP contribution in [0.5, 0.6) is 0 Å². The van der Waals surface area contributed by atoms with Crippen LogP contribution in [0.4, 0.5) is 0 Å². The summed E-state index contributed by atoms with van der Waals surface area (Å²) in [4.78, 5) is 17.9. The zero-order valence-electron chi connectivity index (χ0n) is 16.6. The smallest absolute Gasteiger partial charge is 0.139 e. The van der Waals surface area contributed by atoms with Gasteiger partial charge >= 0.3 is 0 Å². The lowest BCUT2D eigenvalue weighted by Crippen LogP contribution is -2.56. The predicted molar refractivity (Wildman–Crippen MR) is 104 cm³/mol. The van der Waals surface area contributed by atoms with Gasteiger partial charge in [-0.15, -0.1) is 0 Å². The van der Waals surface area contributed by atoms with Gasteiger partial charge in [0.05, 0.1) is 11.4 Å². The fourth-order valence-corrected chi connectivity index (χ4v) is 7.03. The number of nitrogens with two attached hydrogens (primary N) is 1. The van der Waals surface area contributed by atoms with Gasteiger partial charge in [0.1, 0.15) is 12.4 Å². The Kier molecular flexibility index (Phi) is 4.81. The Morgan fingerprint density at radius 3 is 2.74 bits per heavy atom. The summed E-state index contributed by atoms with van der Waals surface area (Å²) < 4.78 is 0. The van der Waals surface area contributed by atoms with Gasteiger partial charge in [0.15, 0.2) is 0 Å². The van der Waals surface area contributed by atoms with Crippen LogP contribution in [0.25, 0.3) is 0 Å². The second-order valence-corrected chi connectivity index (χ2v) is 9.63. The van der Waals surface area contributed by atoms with Crippen molar-refractivity contribution in [3.05, 3.63) is 0 Å². The zero-order valence-corrected chi connectivity index (χ0v) is 16.6. The first kappa shape index (κ1) is 18.9. The van der Waals surface area contributed by atoms with E-state index in [0.717, 1.165) is 62.8 Å². The van der Waals surface area contributed by atoms with Crippen molar-refractivity contribution < 1.29 is 14.8 Å². The van der Waals surface area contributed by atoms with E-state index in [1.54, 1.807) is 0 Å². The van der Waals surface area contributed by atoms with E-state index in [2.05, 4.69) is 24.2 Å². The van der Waals surface area contributed by atoms with Crippen molar-refractivity contribution >= 4 is 17.2 Å². The fraction of sp³-hybridized carbons (Fsp3) is 0.857. The number of fused-ring (bicyclic) bond motifs is 5. The number of carbonyl (C=O) groups excluding carboxylic acids is 1. The molecule has 0 amide bonds. The molecule has 4 aliphatic rings. The first-order valence-electron chi connectivity index (χ1n) is 10.6. The first-order valence-corrected chi connectivity index (χ1v) is 10.6.